The van der Waals surface area contributed by atoms with Crippen LogP contribution in [-0.2, 0) is 4.74 Å². The molecule has 0 aliphatic carbocycles. The summed E-state index contributed by atoms with van der Waals surface area (Å²) in [7, 11) is 0. The third kappa shape index (κ3) is 3.23. The number of likely N-dealkylation sites (tertiary alicyclic amines) is 1. The van der Waals surface area contributed by atoms with Crippen molar-refractivity contribution in [3.05, 3.63) is 12.7 Å². The van der Waals surface area contributed by atoms with Crippen molar-refractivity contribution in [2.24, 2.45) is 5.92 Å². The second-order valence-corrected chi connectivity index (χ2v) is 5.20. The Labute approximate surface area is 96.9 Å². The SMILES string of the molecule is C=CC1CC(CO)N(C(=O)OC(C)(C)C)C1. The van der Waals surface area contributed by atoms with Gasteiger partial charge in [-0.25, -0.2) is 4.79 Å². The van der Waals surface area contributed by atoms with Crippen molar-refractivity contribution in [3.63, 3.8) is 0 Å². The molecule has 1 fully saturated rings. The van der Waals surface area contributed by atoms with Crippen molar-refractivity contribution in [2.75, 3.05) is 13.2 Å². The van der Waals surface area contributed by atoms with E-state index < -0.39 is 5.60 Å². The summed E-state index contributed by atoms with van der Waals surface area (Å²) in [5.41, 5.74) is -0.497. The predicted octanol–water partition coefficient (Wildman–Crippen LogP) is 1.79. The molecule has 0 radical (unpaired) electrons. The van der Waals surface area contributed by atoms with E-state index in [0.29, 0.717) is 6.54 Å². The zero-order chi connectivity index (χ0) is 12.3. The van der Waals surface area contributed by atoms with E-state index in [1.165, 1.54) is 0 Å². The Morgan fingerprint density at radius 1 is 1.62 bits per heavy atom. The Hall–Kier alpha value is -1.03. The van der Waals surface area contributed by atoms with Gasteiger partial charge in [0.15, 0.2) is 0 Å². The Balaban J connectivity index is 2.64. The number of rotatable bonds is 2. The molecule has 2 unspecified atom stereocenters. The Bertz CT molecular complexity index is 270. The number of aliphatic hydroxyl groups is 1. The maximum atomic E-state index is 11.9. The molecule has 1 amide bonds. The lowest BCUT2D eigenvalue weighted by molar-refractivity contribution is 0.0174. The fourth-order valence-electron chi connectivity index (χ4n) is 1.84. The number of carbonyl (C=O) groups excluding carboxylic acids is 1. The monoisotopic (exact) mass is 227 g/mol. The van der Waals surface area contributed by atoms with Crippen molar-refractivity contribution in [2.45, 2.75) is 38.8 Å². The first-order valence-electron chi connectivity index (χ1n) is 5.60. The number of hydrogen-bond acceptors (Lipinski definition) is 3. The second kappa shape index (κ2) is 4.87. The number of ether oxygens (including phenoxy) is 1. The van der Waals surface area contributed by atoms with Gasteiger partial charge < -0.3 is 14.7 Å². The number of carbonyl (C=O) groups is 1. The highest BCUT2D eigenvalue weighted by molar-refractivity contribution is 5.69. The standard InChI is InChI=1S/C12H21NO3/c1-5-9-6-10(8-14)13(7-9)11(15)16-12(2,3)4/h5,9-10,14H,1,6-8H2,2-4H3. The summed E-state index contributed by atoms with van der Waals surface area (Å²) in [5.74, 6) is 0.254. The van der Waals surface area contributed by atoms with Gasteiger partial charge in [0.1, 0.15) is 5.60 Å². The summed E-state index contributed by atoms with van der Waals surface area (Å²) in [6.07, 6.45) is 2.24. The third-order valence-corrected chi connectivity index (χ3v) is 2.62. The largest absolute Gasteiger partial charge is 0.444 e. The van der Waals surface area contributed by atoms with Crippen molar-refractivity contribution in [1.29, 1.82) is 0 Å². The molecule has 4 nitrogen and oxygen atoms in total. The van der Waals surface area contributed by atoms with Crippen LogP contribution in [0.4, 0.5) is 4.79 Å². The Kier molecular flexibility index (Phi) is 3.97. The first kappa shape index (κ1) is 13.0. The van der Waals surface area contributed by atoms with E-state index in [1.807, 2.05) is 26.8 Å². The van der Waals surface area contributed by atoms with Crippen LogP contribution in [0.15, 0.2) is 12.7 Å². The third-order valence-electron chi connectivity index (χ3n) is 2.62. The van der Waals surface area contributed by atoms with E-state index in [9.17, 15) is 9.90 Å². The minimum Gasteiger partial charge on any atom is -0.444 e. The maximum Gasteiger partial charge on any atom is 0.410 e. The lowest BCUT2D eigenvalue weighted by atomic mass is 10.1. The van der Waals surface area contributed by atoms with Gasteiger partial charge in [0, 0.05) is 6.54 Å². The molecule has 0 aromatic rings. The molecule has 2 atom stereocenters. The van der Waals surface area contributed by atoms with Gasteiger partial charge in [-0.3, -0.25) is 0 Å². The normalized spacial score (nSPS) is 25.6. The van der Waals surface area contributed by atoms with E-state index in [2.05, 4.69) is 6.58 Å². The lowest BCUT2D eigenvalue weighted by Gasteiger charge is -2.27. The van der Waals surface area contributed by atoms with Crippen LogP contribution >= 0.6 is 0 Å². The number of nitrogens with zero attached hydrogens (tertiary/aromatic N) is 1. The molecule has 4 heteroatoms. The molecule has 1 rings (SSSR count). The minimum absolute atomic E-state index is 0.0242. The molecule has 0 bridgehead atoms. The molecule has 1 heterocycles. The van der Waals surface area contributed by atoms with Crippen molar-refractivity contribution >= 4 is 6.09 Å². The zero-order valence-corrected chi connectivity index (χ0v) is 10.3. The molecular weight excluding hydrogens is 206 g/mol. The van der Waals surface area contributed by atoms with Gasteiger partial charge in [-0.15, -0.1) is 6.58 Å². The molecule has 0 spiro atoms. The fraction of sp³-hybridized carbons (Fsp3) is 0.750. The van der Waals surface area contributed by atoms with Crippen molar-refractivity contribution in [1.82, 2.24) is 4.90 Å². The van der Waals surface area contributed by atoms with Crippen LogP contribution < -0.4 is 0 Å². The summed E-state index contributed by atoms with van der Waals surface area (Å²) in [4.78, 5) is 13.4. The Morgan fingerprint density at radius 3 is 2.69 bits per heavy atom. The average Bonchev–Trinajstić information content (AvgIpc) is 2.58. The molecule has 0 aromatic heterocycles. The molecular formula is C12H21NO3. The second-order valence-electron chi connectivity index (χ2n) is 5.20. The predicted molar refractivity (Wildman–Crippen MR) is 62.1 cm³/mol. The molecule has 1 saturated heterocycles. The summed E-state index contributed by atoms with van der Waals surface area (Å²) in [6, 6.07) is -0.141. The molecule has 1 aliphatic rings. The summed E-state index contributed by atoms with van der Waals surface area (Å²) < 4.78 is 5.29. The first-order chi connectivity index (χ1) is 7.37. The summed E-state index contributed by atoms with van der Waals surface area (Å²) in [5, 5.41) is 9.21. The van der Waals surface area contributed by atoms with E-state index in [4.69, 9.17) is 4.74 Å². The number of hydrogen-bond donors (Lipinski definition) is 1. The highest BCUT2D eigenvalue weighted by Gasteiger charge is 2.35. The van der Waals surface area contributed by atoms with Gasteiger partial charge in [0.2, 0.25) is 0 Å². The first-order valence-corrected chi connectivity index (χ1v) is 5.60. The topological polar surface area (TPSA) is 49.8 Å². The molecule has 92 valence electrons. The van der Waals surface area contributed by atoms with Gasteiger partial charge in [-0.05, 0) is 33.1 Å². The van der Waals surface area contributed by atoms with Crippen molar-refractivity contribution in [3.8, 4) is 0 Å². The van der Waals surface area contributed by atoms with Crippen LogP contribution in [0.5, 0.6) is 0 Å². The Morgan fingerprint density at radius 2 is 2.25 bits per heavy atom. The van der Waals surface area contributed by atoms with Crippen LogP contribution in [0.25, 0.3) is 0 Å². The van der Waals surface area contributed by atoms with Crippen LogP contribution in [0.2, 0.25) is 0 Å². The maximum absolute atomic E-state index is 11.9. The minimum atomic E-state index is -0.497. The lowest BCUT2D eigenvalue weighted by Crippen LogP contribution is -2.41. The van der Waals surface area contributed by atoms with Crippen LogP contribution in [-0.4, -0.2) is 40.9 Å². The van der Waals surface area contributed by atoms with Gasteiger partial charge in [0.05, 0.1) is 12.6 Å². The number of amides is 1. The highest BCUT2D eigenvalue weighted by atomic mass is 16.6. The molecule has 0 saturated carbocycles. The average molecular weight is 227 g/mol. The quantitative estimate of drug-likeness (QED) is 0.732. The summed E-state index contributed by atoms with van der Waals surface area (Å²) >= 11 is 0. The summed E-state index contributed by atoms with van der Waals surface area (Å²) in [6.45, 7) is 9.78. The van der Waals surface area contributed by atoms with E-state index in [-0.39, 0.29) is 24.7 Å². The number of aliphatic hydroxyl groups excluding tert-OH is 1. The fourth-order valence-corrected chi connectivity index (χ4v) is 1.84. The van der Waals surface area contributed by atoms with Gasteiger partial charge in [-0.2, -0.15) is 0 Å². The molecule has 1 aliphatic heterocycles. The zero-order valence-electron chi connectivity index (χ0n) is 10.3. The van der Waals surface area contributed by atoms with Gasteiger partial charge >= 0.3 is 6.09 Å². The van der Waals surface area contributed by atoms with Crippen LogP contribution in [0.3, 0.4) is 0 Å². The van der Waals surface area contributed by atoms with Crippen LogP contribution in [0.1, 0.15) is 27.2 Å². The molecule has 1 N–H and O–H groups in total. The van der Waals surface area contributed by atoms with E-state index >= 15 is 0 Å². The van der Waals surface area contributed by atoms with Gasteiger partial charge in [0.25, 0.3) is 0 Å². The highest BCUT2D eigenvalue weighted by Crippen LogP contribution is 2.25. The van der Waals surface area contributed by atoms with E-state index in [1.54, 1.807) is 4.90 Å². The van der Waals surface area contributed by atoms with E-state index in [0.717, 1.165) is 6.42 Å². The van der Waals surface area contributed by atoms with Crippen molar-refractivity contribution < 1.29 is 14.6 Å². The smallest absolute Gasteiger partial charge is 0.410 e. The molecule has 16 heavy (non-hydrogen) atoms. The molecule has 0 aromatic carbocycles. The van der Waals surface area contributed by atoms with Crippen LogP contribution in [0, 0.1) is 5.92 Å². The van der Waals surface area contributed by atoms with Gasteiger partial charge in [-0.1, -0.05) is 6.08 Å².